The smallest absolute Gasteiger partial charge is 0.348 e. The summed E-state index contributed by atoms with van der Waals surface area (Å²) < 4.78 is 10.2. The molecular formula is C22H33NO5S. The maximum atomic E-state index is 12.9. The van der Waals surface area contributed by atoms with Gasteiger partial charge in [0.25, 0.3) is 0 Å². The third-order valence-electron chi connectivity index (χ3n) is 5.51. The molecule has 0 spiro atoms. The van der Waals surface area contributed by atoms with Crippen molar-refractivity contribution in [2.75, 3.05) is 18.5 Å². The Morgan fingerprint density at radius 1 is 1.00 bits per heavy atom. The number of carbonyl (C=O) groups excluding carboxylic acids is 3. The first-order valence-electron chi connectivity index (χ1n) is 10.7. The number of nitrogens with one attached hydrogen (secondary N) is 1. The highest BCUT2D eigenvalue weighted by molar-refractivity contribution is 7.18. The minimum Gasteiger partial charge on any atom is -0.462 e. The van der Waals surface area contributed by atoms with E-state index in [9.17, 15) is 14.4 Å². The normalized spacial score (nSPS) is 18.9. The van der Waals surface area contributed by atoms with Crippen molar-refractivity contribution in [2.45, 2.75) is 72.6 Å². The number of anilines is 1. The third-order valence-corrected chi connectivity index (χ3v) is 6.69. The van der Waals surface area contributed by atoms with Gasteiger partial charge in [-0.3, -0.25) is 4.79 Å². The summed E-state index contributed by atoms with van der Waals surface area (Å²) in [5, 5.41) is 3.28. The summed E-state index contributed by atoms with van der Waals surface area (Å²) >= 11 is 1.09. The fraction of sp³-hybridized carbons (Fsp3) is 0.682. The molecule has 1 aliphatic rings. The van der Waals surface area contributed by atoms with E-state index in [0.717, 1.165) is 37.0 Å². The van der Waals surface area contributed by atoms with Crippen molar-refractivity contribution in [1.82, 2.24) is 0 Å². The van der Waals surface area contributed by atoms with Gasteiger partial charge in [-0.25, -0.2) is 9.59 Å². The van der Waals surface area contributed by atoms with Crippen molar-refractivity contribution in [1.29, 1.82) is 0 Å². The molecule has 1 heterocycles. The Bertz CT molecular complexity index is 719. The van der Waals surface area contributed by atoms with Crippen molar-refractivity contribution in [3.05, 3.63) is 16.0 Å². The minimum atomic E-state index is -0.532. The van der Waals surface area contributed by atoms with Crippen LogP contribution < -0.4 is 5.32 Å². The van der Waals surface area contributed by atoms with Crippen LogP contribution >= 0.6 is 11.3 Å². The molecule has 0 aromatic carbocycles. The van der Waals surface area contributed by atoms with Crippen molar-refractivity contribution >= 4 is 34.2 Å². The lowest BCUT2D eigenvalue weighted by atomic mass is 9.79. The molecule has 0 saturated heterocycles. The van der Waals surface area contributed by atoms with Crippen LogP contribution in [0.25, 0.3) is 0 Å². The van der Waals surface area contributed by atoms with Crippen molar-refractivity contribution < 1.29 is 23.9 Å². The molecule has 1 aromatic heterocycles. The van der Waals surface area contributed by atoms with E-state index in [1.807, 2.05) is 0 Å². The molecule has 0 aliphatic heterocycles. The van der Waals surface area contributed by atoms with E-state index in [0.29, 0.717) is 21.4 Å². The number of esters is 2. The van der Waals surface area contributed by atoms with Crippen molar-refractivity contribution in [2.24, 2.45) is 11.8 Å². The molecule has 1 N–H and O–H groups in total. The second-order valence-corrected chi connectivity index (χ2v) is 8.57. The van der Waals surface area contributed by atoms with Crippen LogP contribution in [-0.4, -0.2) is 31.1 Å². The van der Waals surface area contributed by atoms with Crippen LogP contribution in [-0.2, 0) is 14.3 Å². The zero-order chi connectivity index (χ0) is 21.4. The van der Waals surface area contributed by atoms with Crippen molar-refractivity contribution in [3.63, 3.8) is 0 Å². The van der Waals surface area contributed by atoms with Crippen LogP contribution in [0.3, 0.4) is 0 Å². The molecule has 29 heavy (non-hydrogen) atoms. The van der Waals surface area contributed by atoms with E-state index >= 15 is 0 Å². The number of rotatable bonds is 9. The highest BCUT2D eigenvalue weighted by atomic mass is 32.1. The first-order chi connectivity index (χ1) is 13.9. The van der Waals surface area contributed by atoms with Crippen LogP contribution in [0.1, 0.15) is 91.3 Å². The molecule has 7 heteroatoms. The third kappa shape index (κ3) is 6.04. The summed E-state index contributed by atoms with van der Waals surface area (Å²) in [5.74, 6) is -0.445. The number of unbranched alkanes of at least 4 members (excludes halogenated alkanes) is 1. The van der Waals surface area contributed by atoms with Crippen LogP contribution in [0, 0.1) is 18.8 Å². The van der Waals surface area contributed by atoms with Crippen LogP contribution in [0.4, 0.5) is 5.00 Å². The summed E-state index contributed by atoms with van der Waals surface area (Å²) in [5.41, 5.74) is 0.746. The fourth-order valence-corrected chi connectivity index (χ4v) is 4.95. The van der Waals surface area contributed by atoms with E-state index in [2.05, 4.69) is 12.2 Å². The quantitative estimate of drug-likeness (QED) is 0.542. The molecule has 0 bridgehead atoms. The molecule has 0 unspecified atom stereocenters. The monoisotopic (exact) mass is 423 g/mol. The molecular weight excluding hydrogens is 390 g/mol. The molecule has 1 saturated carbocycles. The van der Waals surface area contributed by atoms with Gasteiger partial charge in [0, 0.05) is 5.92 Å². The highest BCUT2D eigenvalue weighted by Gasteiger charge is 2.30. The Kier molecular flexibility index (Phi) is 9.14. The van der Waals surface area contributed by atoms with E-state index in [-0.39, 0.29) is 30.6 Å². The molecule has 1 amide bonds. The maximum absolute atomic E-state index is 12.9. The first-order valence-corrected chi connectivity index (χ1v) is 11.5. The van der Waals surface area contributed by atoms with Crippen LogP contribution in [0.5, 0.6) is 0 Å². The largest absolute Gasteiger partial charge is 0.462 e. The standard InChI is InChI=1S/C22H33NO5S/c1-5-8-9-15-10-12-16(13-11-15)19(24)23-20-17(21(25)27-6-2)14(4)18(29-20)22(26)28-7-3/h15-16H,5-13H2,1-4H3,(H,23,24). The van der Waals surface area contributed by atoms with Gasteiger partial charge < -0.3 is 14.8 Å². The molecule has 0 radical (unpaired) electrons. The van der Waals surface area contributed by atoms with Gasteiger partial charge in [-0.2, -0.15) is 0 Å². The number of hydrogen-bond donors (Lipinski definition) is 1. The Morgan fingerprint density at radius 3 is 2.21 bits per heavy atom. The summed E-state index contributed by atoms with van der Waals surface area (Å²) in [6, 6.07) is 0. The van der Waals surface area contributed by atoms with Gasteiger partial charge in [0.05, 0.1) is 18.8 Å². The molecule has 1 aliphatic carbocycles. The Morgan fingerprint density at radius 2 is 1.62 bits per heavy atom. The zero-order valence-electron chi connectivity index (χ0n) is 18.0. The molecule has 0 atom stereocenters. The Hall–Kier alpha value is -1.89. The SMILES string of the molecule is CCCCC1CCC(C(=O)Nc2sc(C(=O)OCC)c(C)c2C(=O)OCC)CC1. The number of amides is 1. The number of ether oxygens (including phenoxy) is 2. The lowest BCUT2D eigenvalue weighted by Crippen LogP contribution is -2.27. The zero-order valence-corrected chi connectivity index (χ0v) is 18.8. The van der Waals surface area contributed by atoms with Crippen molar-refractivity contribution in [3.8, 4) is 0 Å². The maximum Gasteiger partial charge on any atom is 0.348 e. The van der Waals surface area contributed by atoms with E-state index in [1.54, 1.807) is 20.8 Å². The summed E-state index contributed by atoms with van der Waals surface area (Å²) in [7, 11) is 0. The second-order valence-electron chi connectivity index (χ2n) is 7.55. The van der Waals surface area contributed by atoms with E-state index in [1.165, 1.54) is 19.3 Å². The summed E-state index contributed by atoms with van der Waals surface area (Å²) in [6.07, 6.45) is 7.56. The first kappa shape index (κ1) is 23.4. The Labute approximate surface area is 177 Å². The lowest BCUT2D eigenvalue weighted by molar-refractivity contribution is -0.121. The van der Waals surface area contributed by atoms with Gasteiger partial charge in [0.1, 0.15) is 9.88 Å². The summed E-state index contributed by atoms with van der Waals surface area (Å²) in [4.78, 5) is 37.9. The minimum absolute atomic E-state index is 0.0589. The molecule has 162 valence electrons. The molecule has 6 nitrogen and oxygen atoms in total. The number of carbonyl (C=O) groups is 3. The highest BCUT2D eigenvalue weighted by Crippen LogP contribution is 2.37. The van der Waals surface area contributed by atoms with Gasteiger partial charge in [-0.1, -0.05) is 26.2 Å². The van der Waals surface area contributed by atoms with Gasteiger partial charge in [-0.15, -0.1) is 11.3 Å². The summed E-state index contributed by atoms with van der Waals surface area (Å²) in [6.45, 7) is 7.80. The number of hydrogen-bond acceptors (Lipinski definition) is 6. The average Bonchev–Trinajstić information content (AvgIpc) is 3.03. The molecule has 1 aromatic rings. The van der Waals surface area contributed by atoms with E-state index in [4.69, 9.17) is 9.47 Å². The fourth-order valence-electron chi connectivity index (χ4n) is 3.86. The van der Waals surface area contributed by atoms with E-state index < -0.39 is 11.9 Å². The van der Waals surface area contributed by atoms with Crippen LogP contribution in [0.15, 0.2) is 0 Å². The predicted octanol–water partition coefficient (Wildman–Crippen LogP) is 5.35. The second kappa shape index (κ2) is 11.3. The van der Waals surface area contributed by atoms with Gasteiger partial charge in [0.2, 0.25) is 5.91 Å². The number of thiophene rings is 1. The predicted molar refractivity (Wildman–Crippen MR) is 115 cm³/mol. The lowest BCUT2D eigenvalue weighted by Gasteiger charge is -2.27. The topological polar surface area (TPSA) is 81.7 Å². The van der Waals surface area contributed by atoms with Gasteiger partial charge in [0.15, 0.2) is 0 Å². The van der Waals surface area contributed by atoms with Gasteiger partial charge >= 0.3 is 11.9 Å². The molecule has 1 fully saturated rings. The molecule has 2 rings (SSSR count). The average molecular weight is 424 g/mol. The van der Waals surface area contributed by atoms with Gasteiger partial charge in [-0.05, 0) is 57.9 Å². The Balaban J connectivity index is 2.14. The van der Waals surface area contributed by atoms with Crippen LogP contribution in [0.2, 0.25) is 0 Å².